The fourth-order valence-electron chi connectivity index (χ4n) is 6.27. The lowest BCUT2D eigenvalue weighted by Crippen LogP contribution is -2.60. The number of methoxy groups -OCH3 is 2. The molecule has 0 aromatic heterocycles. The first-order valence-corrected chi connectivity index (χ1v) is 9.75. The summed E-state index contributed by atoms with van der Waals surface area (Å²) in [6.07, 6.45) is 6.27. The van der Waals surface area contributed by atoms with E-state index < -0.39 is 0 Å². The summed E-state index contributed by atoms with van der Waals surface area (Å²) in [4.78, 5) is 15.4. The summed E-state index contributed by atoms with van der Waals surface area (Å²) < 4.78 is 11.3. The third kappa shape index (κ3) is 1.89. The molecular formula is C22H26N2O3. The van der Waals surface area contributed by atoms with Crippen LogP contribution in [-0.4, -0.2) is 50.3 Å². The Labute approximate surface area is 160 Å². The van der Waals surface area contributed by atoms with Crippen LogP contribution in [-0.2, 0) is 19.7 Å². The van der Waals surface area contributed by atoms with Crippen LogP contribution in [0.15, 0.2) is 47.7 Å². The van der Waals surface area contributed by atoms with Gasteiger partial charge in [-0.2, -0.15) is 0 Å². The largest absolute Gasteiger partial charge is 0.466 e. The first kappa shape index (κ1) is 17.0. The summed E-state index contributed by atoms with van der Waals surface area (Å²) in [5.41, 5.74) is 3.62. The molecule has 27 heavy (non-hydrogen) atoms. The van der Waals surface area contributed by atoms with Crippen molar-refractivity contribution in [3.8, 4) is 0 Å². The van der Waals surface area contributed by atoms with Crippen LogP contribution in [0, 0.1) is 5.41 Å². The SMILES string of the molecule is CCC12C=CCN3CC(OC)C4(C(=C(C(=O)OC)C1)Nc1ccccc14)C32. The number of nitrogens with one attached hydrogen (secondary N) is 1. The number of hydrogen-bond acceptors (Lipinski definition) is 5. The molecule has 4 unspecified atom stereocenters. The smallest absolute Gasteiger partial charge is 0.335 e. The Morgan fingerprint density at radius 2 is 2.15 bits per heavy atom. The lowest BCUT2D eigenvalue weighted by molar-refractivity contribution is -0.137. The Morgan fingerprint density at radius 1 is 1.33 bits per heavy atom. The molecular weight excluding hydrogens is 340 g/mol. The minimum atomic E-state index is -0.367. The number of esters is 1. The van der Waals surface area contributed by atoms with Crippen LogP contribution < -0.4 is 5.32 Å². The second kappa shape index (κ2) is 5.69. The Morgan fingerprint density at radius 3 is 2.89 bits per heavy atom. The lowest BCUT2D eigenvalue weighted by Gasteiger charge is -2.54. The maximum absolute atomic E-state index is 12.9. The van der Waals surface area contributed by atoms with E-state index in [0.29, 0.717) is 6.42 Å². The molecule has 0 radical (unpaired) electrons. The van der Waals surface area contributed by atoms with Gasteiger partial charge >= 0.3 is 5.97 Å². The quantitative estimate of drug-likeness (QED) is 0.659. The molecule has 1 aromatic rings. The van der Waals surface area contributed by atoms with Gasteiger partial charge in [0.2, 0.25) is 0 Å². The Kier molecular flexibility index (Phi) is 3.59. The van der Waals surface area contributed by atoms with Crippen molar-refractivity contribution in [3.05, 3.63) is 53.3 Å². The van der Waals surface area contributed by atoms with Crippen LogP contribution in [0.25, 0.3) is 0 Å². The molecule has 0 saturated carbocycles. The third-order valence-electron chi connectivity index (χ3n) is 7.27. The number of hydrogen-bond donors (Lipinski definition) is 1. The normalized spacial score (nSPS) is 36.1. The molecule has 3 heterocycles. The maximum atomic E-state index is 12.9. The molecule has 0 bridgehead atoms. The average Bonchev–Trinajstić information content (AvgIpc) is 3.24. The molecule has 1 fully saturated rings. The molecule has 3 aliphatic heterocycles. The van der Waals surface area contributed by atoms with Gasteiger partial charge in [-0.05, 0) is 24.5 Å². The van der Waals surface area contributed by atoms with Crippen LogP contribution in [0.5, 0.6) is 0 Å². The van der Waals surface area contributed by atoms with Crippen LogP contribution in [0.4, 0.5) is 5.69 Å². The molecule has 5 heteroatoms. The van der Waals surface area contributed by atoms with E-state index in [2.05, 4.69) is 47.5 Å². The fourth-order valence-corrected chi connectivity index (χ4v) is 6.27. The third-order valence-corrected chi connectivity index (χ3v) is 7.27. The van der Waals surface area contributed by atoms with Crippen molar-refractivity contribution < 1.29 is 14.3 Å². The molecule has 1 N–H and O–H groups in total. The number of fused-ring (bicyclic) bond motifs is 1. The second-order valence-electron chi connectivity index (χ2n) is 8.13. The topological polar surface area (TPSA) is 50.8 Å². The maximum Gasteiger partial charge on any atom is 0.335 e. The average molecular weight is 366 g/mol. The van der Waals surface area contributed by atoms with Gasteiger partial charge in [0.15, 0.2) is 0 Å². The highest BCUT2D eigenvalue weighted by Crippen LogP contribution is 2.64. The van der Waals surface area contributed by atoms with Gasteiger partial charge in [-0.15, -0.1) is 0 Å². The van der Waals surface area contributed by atoms with Crippen molar-refractivity contribution in [1.82, 2.24) is 4.90 Å². The number of benzene rings is 1. The molecule has 4 aliphatic rings. The van der Waals surface area contributed by atoms with Crippen LogP contribution >= 0.6 is 0 Å². The minimum absolute atomic E-state index is 0.0144. The monoisotopic (exact) mass is 366 g/mol. The van der Waals surface area contributed by atoms with E-state index >= 15 is 0 Å². The van der Waals surface area contributed by atoms with Crippen molar-refractivity contribution in [2.45, 2.75) is 37.3 Å². The van der Waals surface area contributed by atoms with Gasteiger partial charge in [-0.1, -0.05) is 37.3 Å². The highest BCUT2D eigenvalue weighted by molar-refractivity contribution is 5.93. The predicted molar refractivity (Wildman–Crippen MR) is 103 cm³/mol. The number of rotatable bonds is 3. The Balaban J connectivity index is 1.87. The number of anilines is 1. The van der Waals surface area contributed by atoms with E-state index in [0.717, 1.165) is 36.5 Å². The van der Waals surface area contributed by atoms with Crippen molar-refractivity contribution in [2.24, 2.45) is 5.41 Å². The van der Waals surface area contributed by atoms with Gasteiger partial charge in [0, 0.05) is 43.0 Å². The zero-order chi connectivity index (χ0) is 18.8. The highest BCUT2D eigenvalue weighted by atomic mass is 16.5. The van der Waals surface area contributed by atoms with Crippen LogP contribution in [0.3, 0.4) is 0 Å². The van der Waals surface area contributed by atoms with Crippen molar-refractivity contribution in [3.63, 3.8) is 0 Å². The standard InChI is InChI=1S/C22H26N2O3/c1-4-21-10-7-11-24-13-17(26-2)22(20(21)24)15-8-5-6-9-16(15)23-18(22)14(12-21)19(25)27-3/h5-10,17,20,23H,4,11-13H2,1-3H3. The van der Waals surface area contributed by atoms with Gasteiger partial charge < -0.3 is 14.8 Å². The molecule has 5 rings (SSSR count). The van der Waals surface area contributed by atoms with E-state index in [1.165, 1.54) is 12.7 Å². The molecule has 1 spiro atoms. The summed E-state index contributed by atoms with van der Waals surface area (Å²) in [5, 5.41) is 3.61. The number of nitrogens with zero attached hydrogens (tertiary/aromatic N) is 1. The molecule has 5 nitrogen and oxygen atoms in total. The van der Waals surface area contributed by atoms with Gasteiger partial charge in [0.25, 0.3) is 0 Å². The molecule has 0 amide bonds. The van der Waals surface area contributed by atoms with Gasteiger partial charge in [0.1, 0.15) is 0 Å². The van der Waals surface area contributed by atoms with Gasteiger partial charge in [0.05, 0.1) is 24.2 Å². The van der Waals surface area contributed by atoms with E-state index in [9.17, 15) is 4.79 Å². The van der Waals surface area contributed by atoms with Crippen LogP contribution in [0.1, 0.15) is 25.3 Å². The van der Waals surface area contributed by atoms with E-state index in [4.69, 9.17) is 9.47 Å². The van der Waals surface area contributed by atoms with E-state index in [-0.39, 0.29) is 28.9 Å². The summed E-state index contributed by atoms with van der Waals surface area (Å²) in [7, 11) is 3.27. The molecule has 1 aliphatic carbocycles. The van der Waals surface area contributed by atoms with Crippen molar-refractivity contribution in [1.29, 1.82) is 0 Å². The number of para-hydroxylation sites is 1. The first-order valence-electron chi connectivity index (χ1n) is 9.75. The number of carbonyl (C=O) groups is 1. The fraction of sp³-hybridized carbons (Fsp3) is 0.500. The van der Waals surface area contributed by atoms with Crippen LogP contribution in [0.2, 0.25) is 0 Å². The van der Waals surface area contributed by atoms with Crippen molar-refractivity contribution >= 4 is 11.7 Å². The lowest BCUT2D eigenvalue weighted by atomic mass is 9.54. The molecule has 1 saturated heterocycles. The van der Waals surface area contributed by atoms with Gasteiger partial charge in [-0.3, -0.25) is 4.90 Å². The first-order chi connectivity index (χ1) is 13.1. The highest BCUT2D eigenvalue weighted by Gasteiger charge is 2.69. The zero-order valence-corrected chi connectivity index (χ0v) is 16.1. The summed E-state index contributed by atoms with van der Waals surface area (Å²) in [6, 6.07) is 8.70. The number of ether oxygens (including phenoxy) is 2. The summed E-state index contributed by atoms with van der Waals surface area (Å²) in [5.74, 6) is -0.233. The molecule has 1 aromatic carbocycles. The van der Waals surface area contributed by atoms with E-state index in [1.54, 1.807) is 7.11 Å². The van der Waals surface area contributed by atoms with Gasteiger partial charge in [-0.25, -0.2) is 4.79 Å². The summed E-state index contributed by atoms with van der Waals surface area (Å²) in [6.45, 7) is 4.02. The van der Waals surface area contributed by atoms with E-state index in [1.807, 2.05) is 6.07 Å². The molecule has 142 valence electrons. The second-order valence-corrected chi connectivity index (χ2v) is 8.13. The summed E-state index contributed by atoms with van der Waals surface area (Å²) >= 11 is 0. The Hall–Kier alpha value is -2.11. The van der Waals surface area contributed by atoms with Crippen molar-refractivity contribution in [2.75, 3.05) is 32.6 Å². The Bertz CT molecular complexity index is 876. The predicted octanol–water partition coefficient (Wildman–Crippen LogP) is 2.85. The zero-order valence-electron chi connectivity index (χ0n) is 16.1. The minimum Gasteiger partial charge on any atom is -0.466 e. The number of carbonyl (C=O) groups excluding carboxylic acids is 1. The molecule has 4 atom stereocenters.